The van der Waals surface area contributed by atoms with E-state index in [1.54, 1.807) is 27.7 Å². The van der Waals surface area contributed by atoms with Gasteiger partial charge in [0.05, 0.1) is 12.7 Å². The van der Waals surface area contributed by atoms with Crippen molar-refractivity contribution in [2.75, 3.05) is 0 Å². The molecule has 0 fully saturated rings. The first-order chi connectivity index (χ1) is 17.8. The van der Waals surface area contributed by atoms with Crippen LogP contribution in [0.25, 0.3) is 0 Å². The Hall–Kier alpha value is -4.47. The Morgan fingerprint density at radius 1 is 1.29 bits per heavy atom. The monoisotopic (exact) mass is 527 g/mol. The highest BCUT2D eigenvalue weighted by molar-refractivity contribution is 6.05. The molecule has 38 heavy (non-hydrogen) atoms. The van der Waals surface area contributed by atoms with Crippen LogP contribution in [0.15, 0.2) is 41.7 Å². The molecule has 0 bridgehead atoms. The number of hydrogen-bond donors (Lipinski definition) is 1. The number of aliphatic imine (C=N–C) groups is 1. The zero-order valence-electron chi connectivity index (χ0n) is 21.0. The second-order valence-electron chi connectivity index (χ2n) is 9.90. The van der Waals surface area contributed by atoms with E-state index in [0.717, 1.165) is 6.20 Å². The minimum Gasteiger partial charge on any atom is -0.444 e. The number of aromatic nitrogens is 4. The number of nitrogens with zero attached hydrogens (tertiary/aromatic N) is 6. The Morgan fingerprint density at radius 2 is 2.03 bits per heavy atom. The molecule has 0 radical (unpaired) electrons. The molecule has 0 spiro atoms. The van der Waals surface area contributed by atoms with Gasteiger partial charge >= 0.3 is 12.6 Å². The summed E-state index contributed by atoms with van der Waals surface area (Å²) in [6.07, 6.45) is 1.28. The van der Waals surface area contributed by atoms with Gasteiger partial charge in [0, 0.05) is 18.2 Å². The van der Waals surface area contributed by atoms with Crippen molar-refractivity contribution in [3.63, 3.8) is 0 Å². The van der Waals surface area contributed by atoms with Crippen molar-refractivity contribution < 1.29 is 27.5 Å². The van der Waals surface area contributed by atoms with Gasteiger partial charge in [-0.2, -0.15) is 19.1 Å². The maximum atomic E-state index is 15.2. The number of amides is 1. The molecule has 10 nitrogen and oxygen atoms in total. The molecule has 2 aromatic heterocycles. The molecule has 1 unspecified atom stereocenters. The number of carbonyl (C=O) groups excluding carboxylic acids is 2. The van der Waals surface area contributed by atoms with Gasteiger partial charge in [0.1, 0.15) is 34.4 Å². The van der Waals surface area contributed by atoms with Gasteiger partial charge in [-0.1, -0.05) is 6.07 Å². The molecular formula is C25H24F3N7O3. The van der Waals surface area contributed by atoms with E-state index >= 15 is 4.39 Å². The first kappa shape index (κ1) is 26.6. The van der Waals surface area contributed by atoms with Crippen molar-refractivity contribution in [1.29, 1.82) is 5.26 Å². The molecule has 3 heterocycles. The van der Waals surface area contributed by atoms with Gasteiger partial charge in [-0.05, 0) is 51.5 Å². The highest BCUT2D eigenvalue weighted by atomic mass is 19.3. The normalized spacial score (nSPS) is 17.0. The van der Waals surface area contributed by atoms with E-state index in [1.807, 2.05) is 6.07 Å². The number of benzene rings is 1. The minimum atomic E-state index is -2.88. The van der Waals surface area contributed by atoms with Crippen molar-refractivity contribution in [2.45, 2.75) is 58.3 Å². The maximum absolute atomic E-state index is 15.2. The van der Waals surface area contributed by atoms with E-state index in [0.29, 0.717) is 10.2 Å². The van der Waals surface area contributed by atoms with Crippen molar-refractivity contribution in [2.24, 2.45) is 4.99 Å². The summed E-state index contributed by atoms with van der Waals surface area (Å²) >= 11 is 0. The third kappa shape index (κ3) is 5.44. The van der Waals surface area contributed by atoms with Crippen LogP contribution < -0.4 is 5.32 Å². The second-order valence-corrected chi connectivity index (χ2v) is 9.90. The van der Waals surface area contributed by atoms with Crippen LogP contribution in [0.2, 0.25) is 0 Å². The molecule has 0 aliphatic carbocycles. The fraction of sp³-hybridized carbons (Fsp3) is 0.360. The predicted octanol–water partition coefficient (Wildman–Crippen LogP) is 4.11. The smallest absolute Gasteiger partial charge is 0.413 e. The average Bonchev–Trinajstić information content (AvgIpc) is 3.46. The second kappa shape index (κ2) is 9.77. The first-order valence-corrected chi connectivity index (χ1v) is 11.5. The van der Waals surface area contributed by atoms with Crippen LogP contribution in [0.5, 0.6) is 0 Å². The Bertz CT molecular complexity index is 1480. The summed E-state index contributed by atoms with van der Waals surface area (Å²) in [4.78, 5) is 33.9. The number of ether oxygens (including phenoxy) is 1. The number of nitriles is 1. The number of ketones is 1. The molecule has 1 amide bonds. The summed E-state index contributed by atoms with van der Waals surface area (Å²) < 4.78 is 48.0. The third-order valence-electron chi connectivity index (χ3n) is 5.70. The number of alkyl halides is 2. The van der Waals surface area contributed by atoms with E-state index in [1.165, 1.54) is 35.0 Å². The molecule has 0 saturated carbocycles. The zero-order chi connectivity index (χ0) is 27.8. The predicted molar refractivity (Wildman–Crippen MR) is 128 cm³/mol. The first-order valence-electron chi connectivity index (χ1n) is 11.5. The SMILES string of the molecule is CC(C)(C)OC(=O)NC1=NC(C)(c2cc(CC(=O)c3ccn(C(F)F)n3)ccc2F)Cn2c(C#N)cnc21. The Balaban J connectivity index is 1.69. The lowest BCUT2D eigenvalue weighted by atomic mass is 9.88. The molecule has 1 aliphatic heterocycles. The van der Waals surface area contributed by atoms with Gasteiger partial charge in [-0.3, -0.25) is 15.1 Å². The number of halogens is 3. The summed E-state index contributed by atoms with van der Waals surface area (Å²) in [5.74, 6) is -0.984. The number of imidazole rings is 1. The van der Waals surface area contributed by atoms with Crippen LogP contribution in [-0.2, 0) is 23.2 Å². The number of fused-ring (bicyclic) bond motifs is 1. The molecule has 3 aromatic rings. The minimum absolute atomic E-state index is 0.0117. The number of nitrogens with one attached hydrogen (secondary N) is 1. The lowest BCUT2D eigenvalue weighted by molar-refractivity contribution is 0.0553. The van der Waals surface area contributed by atoms with E-state index in [9.17, 15) is 23.6 Å². The van der Waals surface area contributed by atoms with Gasteiger partial charge in [0.25, 0.3) is 0 Å². The highest BCUT2D eigenvalue weighted by Crippen LogP contribution is 2.35. The quantitative estimate of drug-likeness (QED) is 0.498. The number of amidine groups is 1. The van der Waals surface area contributed by atoms with E-state index in [2.05, 4.69) is 20.4 Å². The summed E-state index contributed by atoms with van der Waals surface area (Å²) in [5.41, 5.74) is -1.62. The van der Waals surface area contributed by atoms with Crippen molar-refractivity contribution in [3.05, 3.63) is 70.8 Å². The van der Waals surface area contributed by atoms with E-state index in [-0.39, 0.29) is 41.6 Å². The molecule has 0 saturated heterocycles. The lowest BCUT2D eigenvalue weighted by Gasteiger charge is -2.33. The van der Waals surface area contributed by atoms with Crippen LogP contribution in [0.3, 0.4) is 0 Å². The largest absolute Gasteiger partial charge is 0.444 e. The fourth-order valence-corrected chi connectivity index (χ4v) is 4.05. The summed E-state index contributed by atoms with van der Waals surface area (Å²) in [5, 5.41) is 15.7. The Morgan fingerprint density at radius 3 is 2.66 bits per heavy atom. The van der Waals surface area contributed by atoms with Crippen molar-refractivity contribution in [3.8, 4) is 6.07 Å². The summed E-state index contributed by atoms with van der Waals surface area (Å²) in [6.45, 7) is 3.81. The van der Waals surface area contributed by atoms with Gasteiger partial charge < -0.3 is 9.30 Å². The number of alkyl carbamates (subject to hydrolysis) is 1. The molecule has 1 aliphatic rings. The molecule has 198 valence electrons. The van der Waals surface area contributed by atoms with Crippen LogP contribution in [0.1, 0.15) is 67.4 Å². The van der Waals surface area contributed by atoms with Crippen LogP contribution in [0, 0.1) is 17.1 Å². The molecule has 4 rings (SSSR count). The summed E-state index contributed by atoms with van der Waals surface area (Å²) in [7, 11) is 0. The van der Waals surface area contributed by atoms with Gasteiger partial charge in [0.2, 0.25) is 0 Å². The van der Waals surface area contributed by atoms with Crippen molar-refractivity contribution >= 4 is 17.7 Å². The van der Waals surface area contributed by atoms with Crippen LogP contribution in [-0.4, -0.2) is 42.6 Å². The van der Waals surface area contributed by atoms with Crippen molar-refractivity contribution in [1.82, 2.24) is 24.6 Å². The molecule has 1 atom stereocenters. The highest BCUT2D eigenvalue weighted by Gasteiger charge is 2.38. The Labute approximate surface area is 215 Å². The molecule has 1 N–H and O–H groups in total. The molecule has 13 heteroatoms. The van der Waals surface area contributed by atoms with Gasteiger partial charge in [-0.15, -0.1) is 0 Å². The Kier molecular flexibility index (Phi) is 6.84. The van der Waals surface area contributed by atoms with Crippen LogP contribution in [0.4, 0.5) is 18.0 Å². The summed E-state index contributed by atoms with van der Waals surface area (Å²) in [6, 6.07) is 7.22. The number of rotatable bonds is 5. The average molecular weight is 528 g/mol. The van der Waals surface area contributed by atoms with Crippen LogP contribution >= 0.6 is 0 Å². The zero-order valence-corrected chi connectivity index (χ0v) is 21.0. The molecular weight excluding hydrogens is 503 g/mol. The third-order valence-corrected chi connectivity index (χ3v) is 5.70. The van der Waals surface area contributed by atoms with E-state index in [4.69, 9.17) is 4.74 Å². The number of hydrogen-bond acceptors (Lipinski definition) is 7. The maximum Gasteiger partial charge on any atom is 0.413 e. The topological polar surface area (TPSA) is 127 Å². The number of Topliss-reactive ketones (excluding diaryl/α,β-unsaturated/α-hetero) is 1. The van der Waals surface area contributed by atoms with Gasteiger partial charge in [0.15, 0.2) is 17.4 Å². The number of carbonyl (C=O) groups is 2. The van der Waals surface area contributed by atoms with Gasteiger partial charge in [-0.25, -0.2) is 18.9 Å². The fourth-order valence-electron chi connectivity index (χ4n) is 4.05. The molecule has 1 aromatic carbocycles. The lowest BCUT2D eigenvalue weighted by Crippen LogP contribution is -2.44. The standard InChI is InChI=1S/C25H24F3N7O3/c1-24(2,3)38-23(37)31-20-21-30-12-15(11-29)34(21)13-25(4,32-20)16-9-14(5-6-17(16)26)10-19(36)18-7-8-35(33-18)22(27)28/h5-9,12,22H,10,13H2,1-4H3,(H,31,32,37). The van der Waals surface area contributed by atoms with E-state index < -0.39 is 35.4 Å².